The molecule has 0 spiro atoms. The van der Waals surface area contributed by atoms with E-state index in [0.29, 0.717) is 0 Å². The van der Waals surface area contributed by atoms with Crippen molar-refractivity contribution in [3.63, 3.8) is 0 Å². The molecule has 0 unspecified atom stereocenters. The van der Waals surface area contributed by atoms with Gasteiger partial charge in [-0.15, -0.1) is 0 Å². The first-order chi connectivity index (χ1) is 5.20. The Balaban J connectivity index is -0.000000000776. The zero-order valence-electron chi connectivity index (χ0n) is 19.1. The van der Waals surface area contributed by atoms with Crippen molar-refractivity contribution in [3.05, 3.63) is 46.0 Å². The minimum Gasteiger partial charge on any atom is -0.412 e. The van der Waals surface area contributed by atoms with E-state index in [1.54, 1.807) is 0 Å². The standard InChI is InChI=1S/Al.3NO3.27H2O/c;3*2-1(3)4;;;;;;;;;;;;;;;;;;;;;;;;;;;/h;;;;27*1H2/q+3;3*-1;;;;;;;;;;;;;;;;;;;;;;;;;;;. The van der Waals surface area contributed by atoms with Crippen molar-refractivity contribution in [1.82, 2.24) is 0 Å². The zero-order chi connectivity index (χ0) is 10.7. The van der Waals surface area contributed by atoms with Crippen molar-refractivity contribution in [2.75, 3.05) is 0 Å². The zero-order valence-corrected chi connectivity index (χ0v) is 20.2. The van der Waals surface area contributed by atoms with Gasteiger partial charge in [-0.2, -0.15) is 0 Å². The molecule has 0 bridgehead atoms. The van der Waals surface area contributed by atoms with Crippen LogP contribution in [0.5, 0.6) is 0 Å². The van der Waals surface area contributed by atoms with E-state index >= 15 is 0 Å². The van der Waals surface area contributed by atoms with Crippen molar-refractivity contribution in [1.29, 1.82) is 0 Å². The molecule has 0 fully saturated rings. The Morgan fingerprint density at radius 3 is 0.200 bits per heavy atom. The van der Waals surface area contributed by atoms with Gasteiger partial charge in [0, 0.05) is 0 Å². The van der Waals surface area contributed by atoms with Gasteiger partial charge in [-0.05, 0) is 0 Å². The topological polar surface area (TPSA) is 1050 Å². The van der Waals surface area contributed by atoms with Crippen LogP contribution in [0.3, 0.4) is 0 Å². The van der Waals surface area contributed by atoms with Crippen LogP contribution in [-0.4, -0.2) is 180 Å². The fraction of sp³-hybridized carbons (Fsp3) is 0. The van der Waals surface area contributed by atoms with Gasteiger partial charge in [-0.1, -0.05) is 0 Å². The SMILES string of the molecule is O.O.O.O.O.O.O.O.O.O.O.O.O.O.O.O.O.O.O.O.O.O.O.O.O.O.O.O=[N+]([O-])[O-].O=[N+]([O-])[O-].O=[N+]([O-])[O-].[Al+3]. The molecule has 0 heterocycles. The molecule has 40 heavy (non-hydrogen) atoms. The van der Waals surface area contributed by atoms with Crippen molar-refractivity contribution >= 4 is 17.4 Å². The van der Waals surface area contributed by atoms with Gasteiger partial charge >= 0.3 is 17.4 Å². The summed E-state index contributed by atoms with van der Waals surface area (Å²) < 4.78 is 0. The molecular formula is H54AlN3O36. The molecule has 54 N–H and O–H groups in total. The first-order valence-electron chi connectivity index (χ1n) is 1.64. The first kappa shape index (κ1) is 1310. The Bertz CT molecular complexity index is 120. The van der Waals surface area contributed by atoms with Crippen LogP contribution in [0.2, 0.25) is 0 Å². The summed E-state index contributed by atoms with van der Waals surface area (Å²) in [6.07, 6.45) is 0. The molecule has 0 amide bonds. The molecule has 40 heteroatoms. The van der Waals surface area contributed by atoms with Crippen LogP contribution in [0, 0.1) is 46.0 Å². The Labute approximate surface area is 227 Å². The summed E-state index contributed by atoms with van der Waals surface area (Å²) in [6, 6.07) is 0. The molecule has 0 aromatic carbocycles. The molecule has 39 nitrogen and oxygen atoms in total. The van der Waals surface area contributed by atoms with E-state index in [1.807, 2.05) is 0 Å². The molecule has 0 aromatic rings. The normalized spacial score (nSPS) is 1.80. The van der Waals surface area contributed by atoms with Gasteiger partial charge in [0.05, 0.1) is 15.3 Å². The van der Waals surface area contributed by atoms with Gasteiger partial charge in [-0.3, -0.25) is 0 Å². The molecule has 0 aliphatic rings. The molecular weight excluding hydrogens is 645 g/mol. The van der Waals surface area contributed by atoms with E-state index < -0.39 is 15.3 Å². The van der Waals surface area contributed by atoms with E-state index in [-0.39, 0.29) is 165 Å². The number of nitrogens with zero attached hydrogens (tertiary/aromatic N) is 3. The van der Waals surface area contributed by atoms with Crippen LogP contribution >= 0.6 is 0 Å². The third kappa shape index (κ3) is 4680. The summed E-state index contributed by atoms with van der Waals surface area (Å²) in [5.41, 5.74) is 0. The van der Waals surface area contributed by atoms with Crippen LogP contribution in [0.4, 0.5) is 0 Å². The maximum Gasteiger partial charge on any atom is 3.00 e. The van der Waals surface area contributed by atoms with Crippen molar-refractivity contribution in [2.24, 2.45) is 0 Å². The quantitative estimate of drug-likeness (QED) is 0.131. The second-order valence-corrected chi connectivity index (χ2v) is 0.671. The fourth-order valence-corrected chi connectivity index (χ4v) is 0. The maximum atomic E-state index is 8.25. The summed E-state index contributed by atoms with van der Waals surface area (Å²) >= 11 is 0. The third-order valence-corrected chi connectivity index (χ3v) is 0. The molecule has 288 valence electrons. The second-order valence-electron chi connectivity index (χ2n) is 0.671. The Morgan fingerprint density at radius 1 is 0.200 bits per heavy atom. The smallest absolute Gasteiger partial charge is 0.412 e. The van der Waals surface area contributed by atoms with E-state index in [9.17, 15) is 0 Å². The number of hydrogen-bond acceptors (Lipinski definition) is 9. The van der Waals surface area contributed by atoms with Crippen LogP contribution in [-0.2, 0) is 0 Å². The Hall–Kier alpha value is -2.95. The van der Waals surface area contributed by atoms with E-state index in [1.165, 1.54) is 0 Å². The predicted octanol–water partition coefficient (Wildman–Crippen LogP) is -23.4. The maximum absolute atomic E-state index is 8.25. The summed E-state index contributed by atoms with van der Waals surface area (Å²) in [5, 5.41) is 44.2. The van der Waals surface area contributed by atoms with Crippen molar-refractivity contribution < 1.29 is 163 Å². The van der Waals surface area contributed by atoms with Gasteiger partial charge in [0.25, 0.3) is 0 Å². The predicted molar refractivity (Wildman–Crippen MR) is 134 cm³/mol. The minimum absolute atomic E-state index is 0. The van der Waals surface area contributed by atoms with Crippen molar-refractivity contribution in [3.8, 4) is 0 Å². The Kier molecular flexibility index (Phi) is 39700. The molecule has 0 aromatic heterocycles. The van der Waals surface area contributed by atoms with Crippen LogP contribution in [0.25, 0.3) is 0 Å². The van der Waals surface area contributed by atoms with E-state index in [2.05, 4.69) is 0 Å². The van der Waals surface area contributed by atoms with Gasteiger partial charge in [0.2, 0.25) is 0 Å². The van der Waals surface area contributed by atoms with Crippen molar-refractivity contribution in [2.45, 2.75) is 0 Å². The average Bonchev–Trinajstić information content (AvgIpc) is 1.54. The monoisotopic (exact) mass is 699 g/mol. The van der Waals surface area contributed by atoms with Gasteiger partial charge in [0.15, 0.2) is 0 Å². The van der Waals surface area contributed by atoms with Gasteiger partial charge in [0.1, 0.15) is 0 Å². The van der Waals surface area contributed by atoms with Crippen LogP contribution in [0.15, 0.2) is 0 Å². The second kappa shape index (κ2) is 1210. The fourth-order valence-electron chi connectivity index (χ4n) is 0. The van der Waals surface area contributed by atoms with Crippen LogP contribution in [0.1, 0.15) is 0 Å². The number of hydrogen-bond donors (Lipinski definition) is 0. The van der Waals surface area contributed by atoms with Gasteiger partial charge in [-0.25, -0.2) is 0 Å². The molecule has 0 saturated heterocycles. The summed E-state index contributed by atoms with van der Waals surface area (Å²) in [6.45, 7) is 0. The van der Waals surface area contributed by atoms with E-state index in [0.717, 1.165) is 0 Å². The molecule has 0 radical (unpaired) electrons. The summed E-state index contributed by atoms with van der Waals surface area (Å²) in [4.78, 5) is 24.8. The first-order valence-corrected chi connectivity index (χ1v) is 1.64. The van der Waals surface area contributed by atoms with Crippen LogP contribution < -0.4 is 0 Å². The third-order valence-electron chi connectivity index (χ3n) is 0. The Morgan fingerprint density at radius 2 is 0.200 bits per heavy atom. The largest absolute Gasteiger partial charge is 3.00 e. The molecule has 0 saturated carbocycles. The minimum atomic E-state index is -1.75. The molecule has 0 rings (SSSR count). The summed E-state index contributed by atoms with van der Waals surface area (Å²) in [5.74, 6) is 0. The molecule has 0 aliphatic carbocycles. The average molecular weight is 699 g/mol. The van der Waals surface area contributed by atoms with Gasteiger partial charge < -0.3 is 194 Å². The number of rotatable bonds is 0. The summed E-state index contributed by atoms with van der Waals surface area (Å²) in [7, 11) is 0. The molecule has 0 atom stereocenters. The van der Waals surface area contributed by atoms with E-state index in [4.69, 9.17) is 46.0 Å². The molecule has 0 aliphatic heterocycles.